The number of nitrogens with zero attached hydrogens (tertiary/aromatic N) is 1. The Hall–Kier alpha value is -3.60. The van der Waals surface area contributed by atoms with Crippen LogP contribution in [-0.4, -0.2) is 17.9 Å². The van der Waals surface area contributed by atoms with Crippen LogP contribution < -0.4 is 15.4 Å². The van der Waals surface area contributed by atoms with Crippen molar-refractivity contribution in [1.82, 2.24) is 4.98 Å². The lowest BCUT2D eigenvalue weighted by Crippen LogP contribution is -2.26. The molecule has 0 saturated carbocycles. The lowest BCUT2D eigenvalue weighted by molar-refractivity contribution is -0.116. The topological polar surface area (TPSA) is 63.2 Å². The number of benzene rings is 2. The third kappa shape index (κ3) is 3.32. The van der Waals surface area contributed by atoms with Crippen molar-refractivity contribution in [1.29, 1.82) is 0 Å². The molecule has 2 aliphatic rings. The minimum Gasteiger partial charge on any atom is -0.497 e. The van der Waals surface area contributed by atoms with Gasteiger partial charge >= 0.3 is 0 Å². The number of anilines is 2. The quantitative estimate of drug-likeness (QED) is 0.646. The SMILES string of the molecule is COc1ccc(C2CC(=O)C3=C(C2)Nc2ccccc2NC3c2ccncc2)cc1. The number of para-hydroxylation sites is 2. The molecule has 3 aromatic rings. The van der Waals surface area contributed by atoms with Gasteiger partial charge in [-0.1, -0.05) is 24.3 Å². The van der Waals surface area contributed by atoms with Crippen LogP contribution in [0.25, 0.3) is 0 Å². The number of methoxy groups -OCH3 is 1. The van der Waals surface area contributed by atoms with Crippen molar-refractivity contribution < 1.29 is 9.53 Å². The number of pyridine rings is 1. The normalized spacial score (nSPS) is 20.4. The van der Waals surface area contributed by atoms with Crippen molar-refractivity contribution in [3.63, 3.8) is 0 Å². The Labute approximate surface area is 175 Å². The molecule has 2 unspecified atom stereocenters. The zero-order valence-corrected chi connectivity index (χ0v) is 16.8. The van der Waals surface area contributed by atoms with E-state index < -0.39 is 0 Å². The van der Waals surface area contributed by atoms with Crippen molar-refractivity contribution in [3.05, 3.63) is 95.5 Å². The number of carbonyl (C=O) groups is 1. The molecule has 5 rings (SSSR count). The van der Waals surface area contributed by atoms with Gasteiger partial charge in [0.15, 0.2) is 5.78 Å². The molecule has 1 aliphatic carbocycles. The van der Waals surface area contributed by atoms with Gasteiger partial charge in [0.1, 0.15) is 5.75 Å². The molecule has 150 valence electrons. The minimum atomic E-state index is -0.205. The first-order valence-electron chi connectivity index (χ1n) is 10.2. The van der Waals surface area contributed by atoms with Gasteiger partial charge in [0.2, 0.25) is 0 Å². The number of ether oxygens (including phenoxy) is 1. The maximum Gasteiger partial charge on any atom is 0.163 e. The number of rotatable bonds is 3. The summed E-state index contributed by atoms with van der Waals surface area (Å²) in [4.78, 5) is 17.6. The van der Waals surface area contributed by atoms with Crippen LogP contribution in [0.5, 0.6) is 5.75 Å². The molecule has 0 spiro atoms. The fourth-order valence-corrected chi connectivity index (χ4v) is 4.41. The predicted molar refractivity (Wildman–Crippen MR) is 118 cm³/mol. The molecule has 0 saturated heterocycles. The van der Waals surface area contributed by atoms with E-state index in [0.717, 1.165) is 45.9 Å². The van der Waals surface area contributed by atoms with Gasteiger partial charge in [-0.2, -0.15) is 0 Å². The third-order valence-corrected chi connectivity index (χ3v) is 5.94. The number of allylic oxidation sites excluding steroid dienone is 1. The largest absolute Gasteiger partial charge is 0.497 e. The Balaban J connectivity index is 1.57. The Kier molecular flexibility index (Phi) is 4.71. The monoisotopic (exact) mass is 397 g/mol. The molecule has 5 nitrogen and oxygen atoms in total. The molecule has 5 heteroatoms. The standard InChI is InChI=1S/C25H23N3O2/c1-30-19-8-6-16(7-9-19)18-14-22-24(23(29)15-18)25(17-10-12-26-13-11-17)28-21-5-3-2-4-20(21)27-22/h2-13,18,25,27-28H,14-15H2,1H3. The van der Waals surface area contributed by atoms with Gasteiger partial charge in [-0.25, -0.2) is 0 Å². The number of aromatic nitrogens is 1. The number of nitrogens with one attached hydrogen (secondary N) is 2. The maximum atomic E-state index is 13.4. The van der Waals surface area contributed by atoms with E-state index in [1.807, 2.05) is 48.5 Å². The molecule has 2 N–H and O–H groups in total. The average molecular weight is 397 g/mol. The van der Waals surface area contributed by atoms with Crippen molar-refractivity contribution in [3.8, 4) is 5.75 Å². The van der Waals surface area contributed by atoms with E-state index in [4.69, 9.17) is 4.74 Å². The molecule has 2 aromatic carbocycles. The van der Waals surface area contributed by atoms with E-state index in [0.29, 0.717) is 6.42 Å². The summed E-state index contributed by atoms with van der Waals surface area (Å²) in [6.07, 6.45) is 4.82. The highest BCUT2D eigenvalue weighted by Crippen LogP contribution is 2.44. The summed E-state index contributed by atoms with van der Waals surface area (Å²) in [5, 5.41) is 7.16. The number of carbonyl (C=O) groups excluding carboxylic acids is 1. The smallest absolute Gasteiger partial charge is 0.163 e. The Morgan fingerprint density at radius 3 is 2.37 bits per heavy atom. The highest BCUT2D eigenvalue weighted by molar-refractivity contribution is 6.01. The van der Waals surface area contributed by atoms with Gasteiger partial charge in [0.25, 0.3) is 0 Å². The van der Waals surface area contributed by atoms with E-state index in [9.17, 15) is 4.79 Å². The second-order valence-electron chi connectivity index (χ2n) is 7.72. The van der Waals surface area contributed by atoms with Crippen LogP contribution in [0.3, 0.4) is 0 Å². The molecule has 0 bridgehead atoms. The van der Waals surface area contributed by atoms with Crippen molar-refractivity contribution in [2.45, 2.75) is 24.8 Å². The summed E-state index contributed by atoms with van der Waals surface area (Å²) < 4.78 is 5.28. The van der Waals surface area contributed by atoms with Gasteiger partial charge in [-0.3, -0.25) is 9.78 Å². The molecule has 1 aromatic heterocycles. The van der Waals surface area contributed by atoms with Gasteiger partial charge < -0.3 is 15.4 Å². The van der Waals surface area contributed by atoms with Crippen LogP contribution in [0.1, 0.15) is 35.9 Å². The molecule has 1 aliphatic heterocycles. The van der Waals surface area contributed by atoms with Gasteiger partial charge in [0, 0.05) is 30.1 Å². The lowest BCUT2D eigenvalue weighted by atomic mass is 9.78. The number of ketones is 1. The molecule has 2 atom stereocenters. The van der Waals surface area contributed by atoms with E-state index >= 15 is 0 Å². The summed E-state index contributed by atoms with van der Waals surface area (Å²) in [6, 6.07) is 19.9. The van der Waals surface area contributed by atoms with Crippen LogP contribution in [-0.2, 0) is 4.79 Å². The minimum absolute atomic E-state index is 0.137. The van der Waals surface area contributed by atoms with Crippen molar-refractivity contribution in [2.24, 2.45) is 0 Å². The average Bonchev–Trinajstić information content (AvgIpc) is 2.96. The van der Waals surface area contributed by atoms with E-state index in [2.05, 4.69) is 27.8 Å². The first-order valence-corrected chi connectivity index (χ1v) is 10.2. The molecule has 2 heterocycles. The molecular formula is C25H23N3O2. The molecule has 0 radical (unpaired) electrons. The van der Waals surface area contributed by atoms with Crippen LogP contribution in [0.15, 0.2) is 84.3 Å². The second kappa shape index (κ2) is 7.67. The summed E-state index contributed by atoms with van der Waals surface area (Å²) in [6.45, 7) is 0. The first-order chi connectivity index (χ1) is 14.7. The number of hydrogen-bond acceptors (Lipinski definition) is 5. The van der Waals surface area contributed by atoms with E-state index in [1.165, 1.54) is 0 Å². The van der Waals surface area contributed by atoms with E-state index in [-0.39, 0.29) is 17.7 Å². The number of fused-ring (bicyclic) bond motifs is 1. The highest BCUT2D eigenvalue weighted by atomic mass is 16.5. The van der Waals surface area contributed by atoms with Crippen LogP contribution in [0, 0.1) is 0 Å². The van der Waals surface area contributed by atoms with Crippen molar-refractivity contribution in [2.75, 3.05) is 17.7 Å². The van der Waals surface area contributed by atoms with Crippen molar-refractivity contribution >= 4 is 17.2 Å². The maximum absolute atomic E-state index is 13.4. The van der Waals surface area contributed by atoms with Gasteiger partial charge in [-0.05, 0) is 59.9 Å². The Morgan fingerprint density at radius 1 is 0.900 bits per heavy atom. The van der Waals surface area contributed by atoms with Gasteiger partial charge in [-0.15, -0.1) is 0 Å². The van der Waals surface area contributed by atoms with Gasteiger partial charge in [0.05, 0.1) is 24.5 Å². The summed E-state index contributed by atoms with van der Waals surface area (Å²) in [5.41, 5.74) is 5.98. The third-order valence-electron chi connectivity index (χ3n) is 5.94. The molecular weight excluding hydrogens is 374 g/mol. The fourth-order valence-electron chi connectivity index (χ4n) is 4.41. The molecule has 0 amide bonds. The van der Waals surface area contributed by atoms with Crippen LogP contribution in [0.2, 0.25) is 0 Å². The highest BCUT2D eigenvalue weighted by Gasteiger charge is 2.35. The molecule has 0 fully saturated rings. The second-order valence-corrected chi connectivity index (χ2v) is 7.72. The summed E-state index contributed by atoms with van der Waals surface area (Å²) in [7, 11) is 1.66. The Bertz CT molecular complexity index is 1110. The van der Waals surface area contributed by atoms with Crippen LogP contribution in [0.4, 0.5) is 11.4 Å². The van der Waals surface area contributed by atoms with Crippen LogP contribution >= 0.6 is 0 Å². The predicted octanol–water partition coefficient (Wildman–Crippen LogP) is 5.07. The summed E-state index contributed by atoms with van der Waals surface area (Å²) in [5.74, 6) is 1.13. The fraction of sp³-hybridized carbons (Fsp3) is 0.200. The summed E-state index contributed by atoms with van der Waals surface area (Å²) >= 11 is 0. The zero-order valence-electron chi connectivity index (χ0n) is 16.8. The first kappa shape index (κ1) is 18.4. The van der Waals surface area contributed by atoms with E-state index in [1.54, 1.807) is 19.5 Å². The number of hydrogen-bond donors (Lipinski definition) is 2. The zero-order chi connectivity index (χ0) is 20.5. The lowest BCUT2D eigenvalue weighted by Gasteiger charge is -2.30. The Morgan fingerprint density at radius 2 is 1.63 bits per heavy atom. The number of Topliss-reactive ketones (excluding diaryl/α,β-unsaturated/α-hetero) is 1. The molecule has 30 heavy (non-hydrogen) atoms.